The normalized spacial score (nSPS) is 11.5. The zero-order chi connectivity index (χ0) is 23.6. The number of amidine groups is 1. The average Bonchev–Trinajstić information content (AvgIpc) is 2.82. The second kappa shape index (κ2) is 12.2. The average molecular weight is 574 g/mol. The SMILES string of the molecule is COC(=O)C=C(OCc1ccccc1)c1cccc(-c2cccc(Cl)c2)c1C=C[I-]C(=N)N. The number of esters is 1. The van der Waals surface area contributed by atoms with E-state index in [0.717, 1.165) is 27.8 Å². The van der Waals surface area contributed by atoms with Crippen molar-refractivity contribution >= 4 is 33.2 Å². The van der Waals surface area contributed by atoms with Crippen molar-refractivity contribution in [2.75, 3.05) is 7.11 Å². The molecule has 7 heteroatoms. The summed E-state index contributed by atoms with van der Waals surface area (Å²) < 4.78 is 13.1. The van der Waals surface area contributed by atoms with E-state index in [-0.39, 0.29) is 10.4 Å². The molecule has 0 spiro atoms. The third kappa shape index (κ3) is 7.20. The number of benzene rings is 3. The summed E-state index contributed by atoms with van der Waals surface area (Å²) in [7, 11) is 1.33. The summed E-state index contributed by atoms with van der Waals surface area (Å²) in [5.41, 5.74) is 9.95. The first-order valence-corrected chi connectivity index (χ1v) is 12.7. The molecule has 0 heterocycles. The summed E-state index contributed by atoms with van der Waals surface area (Å²) in [6.45, 7) is 0.286. The van der Waals surface area contributed by atoms with Crippen LogP contribution in [0.5, 0.6) is 0 Å². The number of hydrogen-bond acceptors (Lipinski definition) is 4. The standard InChI is InChI=1S/C26H23ClIN2O3/c1-32-25(31)16-24(33-17-18-7-3-2-4-8-18)23-12-6-11-21(19-9-5-10-20(27)15-19)22(23)13-14-28-26(29)30/h2-16H,17H2,1H3,(H3,29,30)/q-1. The summed E-state index contributed by atoms with van der Waals surface area (Å²) in [6, 6.07) is 23.0. The number of nitrogens with two attached hydrogens (primary N) is 1. The fourth-order valence-electron chi connectivity index (χ4n) is 3.13. The van der Waals surface area contributed by atoms with Gasteiger partial charge in [0.25, 0.3) is 0 Å². The zero-order valence-electron chi connectivity index (χ0n) is 17.9. The van der Waals surface area contributed by atoms with Crippen molar-refractivity contribution in [3.05, 3.63) is 105 Å². The van der Waals surface area contributed by atoms with E-state index in [9.17, 15) is 4.79 Å². The first-order chi connectivity index (χ1) is 16.0. The molecule has 3 rings (SSSR count). The molecule has 0 radical (unpaired) electrons. The van der Waals surface area contributed by atoms with Gasteiger partial charge >= 0.3 is 209 Å². The van der Waals surface area contributed by atoms with Gasteiger partial charge in [-0.25, -0.2) is 0 Å². The fraction of sp³-hybridized carbons (Fsp3) is 0.0769. The molecule has 5 nitrogen and oxygen atoms in total. The van der Waals surface area contributed by atoms with Crippen LogP contribution >= 0.6 is 11.6 Å². The van der Waals surface area contributed by atoms with Crippen molar-refractivity contribution in [1.82, 2.24) is 0 Å². The van der Waals surface area contributed by atoms with Crippen molar-refractivity contribution in [2.24, 2.45) is 5.73 Å². The molecule has 3 aromatic carbocycles. The first-order valence-electron chi connectivity index (χ1n) is 9.97. The minimum absolute atomic E-state index is 0.164. The quantitative estimate of drug-likeness (QED) is 0.0784. The van der Waals surface area contributed by atoms with Crippen LogP contribution in [0.15, 0.2) is 83.0 Å². The molecule has 0 bridgehead atoms. The second-order valence-electron chi connectivity index (χ2n) is 6.83. The summed E-state index contributed by atoms with van der Waals surface area (Å²) in [4.78, 5) is 12.2. The molecule has 0 aromatic heterocycles. The predicted molar refractivity (Wildman–Crippen MR) is 129 cm³/mol. The summed E-state index contributed by atoms with van der Waals surface area (Å²) in [6.07, 6.45) is 3.27. The maximum absolute atomic E-state index is 12.2. The Bertz CT molecular complexity index is 1190. The van der Waals surface area contributed by atoms with Crippen LogP contribution in [0.25, 0.3) is 23.0 Å². The number of halogens is 2. The summed E-state index contributed by atoms with van der Waals surface area (Å²) >= 11 is 5.50. The van der Waals surface area contributed by atoms with E-state index in [4.69, 9.17) is 32.2 Å². The van der Waals surface area contributed by atoms with Gasteiger partial charge in [0.05, 0.1) is 0 Å². The molecule has 0 aliphatic rings. The topological polar surface area (TPSA) is 85.4 Å². The van der Waals surface area contributed by atoms with Gasteiger partial charge in [-0.05, 0) is 0 Å². The molecule has 3 N–H and O–H groups in total. The molecule has 0 amide bonds. The van der Waals surface area contributed by atoms with Crippen LogP contribution < -0.4 is 26.9 Å². The maximum atomic E-state index is 12.2. The number of nitrogens with one attached hydrogen (secondary N) is 1. The van der Waals surface area contributed by atoms with E-state index in [1.54, 1.807) is 0 Å². The van der Waals surface area contributed by atoms with E-state index >= 15 is 0 Å². The van der Waals surface area contributed by atoms with Crippen LogP contribution in [0, 0.1) is 5.41 Å². The van der Waals surface area contributed by atoms with E-state index in [1.165, 1.54) is 13.2 Å². The van der Waals surface area contributed by atoms with Gasteiger partial charge < -0.3 is 0 Å². The van der Waals surface area contributed by atoms with E-state index in [0.29, 0.717) is 10.8 Å². The van der Waals surface area contributed by atoms with Crippen LogP contribution in [0.1, 0.15) is 16.7 Å². The van der Waals surface area contributed by atoms with E-state index in [2.05, 4.69) is 0 Å². The van der Waals surface area contributed by atoms with Crippen molar-refractivity contribution < 1.29 is 35.5 Å². The molecular weight excluding hydrogens is 551 g/mol. The number of methoxy groups -OCH3 is 1. The monoisotopic (exact) mass is 573 g/mol. The Morgan fingerprint density at radius 2 is 1.85 bits per heavy atom. The van der Waals surface area contributed by atoms with Gasteiger partial charge in [-0.15, -0.1) is 0 Å². The molecular formula is C26H23ClIN2O3-. The number of ether oxygens (including phenoxy) is 2. The van der Waals surface area contributed by atoms with Crippen LogP contribution in [0.2, 0.25) is 5.02 Å². The Labute approximate surface area is 208 Å². The van der Waals surface area contributed by atoms with Gasteiger partial charge in [0, 0.05) is 0 Å². The zero-order valence-corrected chi connectivity index (χ0v) is 20.8. The Kier molecular flexibility index (Phi) is 9.09. The molecule has 0 saturated carbocycles. The third-order valence-corrected chi connectivity index (χ3v) is 6.23. The van der Waals surface area contributed by atoms with Crippen molar-refractivity contribution in [1.29, 1.82) is 5.41 Å². The minimum atomic E-state index is -0.745. The number of hydrogen-bond donors (Lipinski definition) is 2. The van der Waals surface area contributed by atoms with Crippen molar-refractivity contribution in [3.8, 4) is 11.1 Å². The van der Waals surface area contributed by atoms with Gasteiger partial charge in [-0.3, -0.25) is 0 Å². The Hall–Kier alpha value is -3.10. The van der Waals surface area contributed by atoms with Crippen LogP contribution in [-0.2, 0) is 20.9 Å². The predicted octanol–water partition coefficient (Wildman–Crippen LogP) is 2.69. The Morgan fingerprint density at radius 3 is 2.55 bits per heavy atom. The van der Waals surface area contributed by atoms with Gasteiger partial charge in [0.1, 0.15) is 0 Å². The second-order valence-corrected chi connectivity index (χ2v) is 9.77. The Morgan fingerprint density at radius 1 is 1.09 bits per heavy atom. The van der Waals surface area contributed by atoms with Gasteiger partial charge in [-0.2, -0.15) is 0 Å². The molecule has 170 valence electrons. The van der Waals surface area contributed by atoms with Crippen molar-refractivity contribution in [2.45, 2.75) is 6.61 Å². The number of carbonyl (C=O) groups excluding carboxylic acids is 1. The van der Waals surface area contributed by atoms with Crippen molar-refractivity contribution in [3.63, 3.8) is 0 Å². The Balaban J connectivity index is 2.12. The van der Waals surface area contributed by atoms with Gasteiger partial charge in [0.2, 0.25) is 0 Å². The van der Waals surface area contributed by atoms with Gasteiger partial charge in [0.15, 0.2) is 0 Å². The molecule has 0 atom stereocenters. The molecule has 3 aromatic rings. The van der Waals surface area contributed by atoms with E-state index in [1.807, 2.05) is 83.0 Å². The van der Waals surface area contributed by atoms with E-state index < -0.39 is 27.2 Å². The fourth-order valence-corrected chi connectivity index (χ4v) is 4.25. The molecule has 0 aliphatic carbocycles. The molecule has 0 fully saturated rings. The first kappa shape index (κ1) is 24.5. The third-order valence-electron chi connectivity index (χ3n) is 4.60. The van der Waals surface area contributed by atoms with Gasteiger partial charge in [-0.1, -0.05) is 0 Å². The van der Waals surface area contributed by atoms with Crippen LogP contribution in [0.3, 0.4) is 0 Å². The summed E-state index contributed by atoms with van der Waals surface area (Å²) in [5, 5.41) is 8.20. The number of carbonyl (C=O) groups is 1. The molecule has 0 saturated heterocycles. The molecule has 0 unspecified atom stereocenters. The number of rotatable bonds is 9. The van der Waals surface area contributed by atoms with Crippen LogP contribution in [-0.4, -0.2) is 16.9 Å². The molecule has 0 aliphatic heterocycles. The molecule has 33 heavy (non-hydrogen) atoms. The summed E-state index contributed by atoms with van der Waals surface area (Å²) in [5.74, 6) is -0.132. The van der Waals surface area contributed by atoms with Crippen LogP contribution in [0.4, 0.5) is 0 Å².